The number of rotatable bonds is 3. The number of nitrogens with zero attached hydrogens (tertiary/aromatic N) is 2. The van der Waals surface area contributed by atoms with Crippen LogP contribution in [0.4, 0.5) is 10.5 Å². The third kappa shape index (κ3) is 3.53. The Morgan fingerprint density at radius 3 is 3.06 bits per heavy atom. The normalized spacial score (nSPS) is 9.94. The van der Waals surface area contributed by atoms with Crippen LogP contribution < -0.4 is 10.6 Å². The molecule has 0 spiro atoms. The largest absolute Gasteiger partial charge is 0.331 e. The Hall–Kier alpha value is -1.95. The number of hydrogen-bond donors (Lipinski definition) is 2. The zero-order valence-electron chi connectivity index (χ0n) is 9.30. The summed E-state index contributed by atoms with van der Waals surface area (Å²) in [7, 11) is 0. The van der Waals surface area contributed by atoms with E-state index in [0.29, 0.717) is 12.2 Å². The molecule has 5 nitrogen and oxygen atoms in total. The number of amides is 2. The highest BCUT2D eigenvalue weighted by atomic mass is 32.1. The summed E-state index contributed by atoms with van der Waals surface area (Å²) >= 11 is 1.53. The van der Waals surface area contributed by atoms with Crippen molar-refractivity contribution in [1.82, 2.24) is 15.3 Å². The standard InChI is InChI=1S/C11H12N4OS/c1-8-7-17-10(14-8)6-13-11(16)15-9-3-2-4-12-5-9/h2-5,7H,6H2,1H3,(H2,13,15,16). The SMILES string of the molecule is Cc1csc(CNC(=O)Nc2cccnc2)n1. The lowest BCUT2D eigenvalue weighted by atomic mass is 10.4. The molecule has 0 fully saturated rings. The van der Waals surface area contributed by atoms with Crippen LogP contribution in [0.5, 0.6) is 0 Å². The zero-order valence-corrected chi connectivity index (χ0v) is 10.1. The monoisotopic (exact) mass is 248 g/mol. The summed E-state index contributed by atoms with van der Waals surface area (Å²) < 4.78 is 0. The quantitative estimate of drug-likeness (QED) is 0.874. The van der Waals surface area contributed by atoms with Crippen molar-refractivity contribution in [3.8, 4) is 0 Å². The summed E-state index contributed by atoms with van der Waals surface area (Å²) in [6.07, 6.45) is 3.24. The second-order valence-electron chi connectivity index (χ2n) is 3.43. The lowest BCUT2D eigenvalue weighted by Gasteiger charge is -2.05. The molecular formula is C11H12N4OS. The number of hydrogen-bond acceptors (Lipinski definition) is 4. The molecule has 2 N–H and O–H groups in total. The molecule has 2 aromatic heterocycles. The molecule has 88 valence electrons. The van der Waals surface area contributed by atoms with Gasteiger partial charge in [0.2, 0.25) is 0 Å². The molecule has 6 heteroatoms. The minimum absolute atomic E-state index is 0.258. The molecular weight excluding hydrogens is 236 g/mol. The molecule has 17 heavy (non-hydrogen) atoms. The van der Waals surface area contributed by atoms with Crippen molar-refractivity contribution in [1.29, 1.82) is 0 Å². The smallest absolute Gasteiger partial charge is 0.319 e. The minimum Gasteiger partial charge on any atom is -0.331 e. The second kappa shape index (κ2) is 5.40. The summed E-state index contributed by atoms with van der Waals surface area (Å²) in [5.74, 6) is 0. The number of pyridine rings is 1. The number of carbonyl (C=O) groups is 1. The van der Waals surface area contributed by atoms with Gasteiger partial charge in [-0.15, -0.1) is 11.3 Å². The van der Waals surface area contributed by atoms with Crippen LogP contribution in [0.15, 0.2) is 29.9 Å². The summed E-state index contributed by atoms with van der Waals surface area (Å²) in [6, 6.07) is 3.28. The zero-order chi connectivity index (χ0) is 12.1. The number of carbonyl (C=O) groups excluding carboxylic acids is 1. The van der Waals surface area contributed by atoms with E-state index in [1.165, 1.54) is 11.3 Å². The molecule has 0 saturated carbocycles. The fourth-order valence-corrected chi connectivity index (χ4v) is 1.96. The van der Waals surface area contributed by atoms with E-state index in [-0.39, 0.29) is 6.03 Å². The highest BCUT2D eigenvalue weighted by molar-refractivity contribution is 7.09. The minimum atomic E-state index is -0.258. The van der Waals surface area contributed by atoms with Gasteiger partial charge >= 0.3 is 6.03 Å². The molecule has 0 bridgehead atoms. The highest BCUT2D eigenvalue weighted by Gasteiger charge is 2.03. The molecule has 0 unspecified atom stereocenters. The Morgan fingerprint density at radius 2 is 2.41 bits per heavy atom. The van der Waals surface area contributed by atoms with Crippen LogP contribution >= 0.6 is 11.3 Å². The van der Waals surface area contributed by atoms with Gasteiger partial charge in [-0.1, -0.05) is 0 Å². The molecule has 0 aliphatic heterocycles. The van der Waals surface area contributed by atoms with Crippen LogP contribution in [0.3, 0.4) is 0 Å². The predicted octanol–water partition coefficient (Wildman–Crippen LogP) is 2.17. The molecule has 2 rings (SSSR count). The molecule has 0 aromatic carbocycles. The predicted molar refractivity (Wildman–Crippen MR) is 66.9 cm³/mol. The van der Waals surface area contributed by atoms with E-state index >= 15 is 0 Å². The van der Waals surface area contributed by atoms with Gasteiger partial charge in [0.05, 0.1) is 18.4 Å². The Morgan fingerprint density at radius 1 is 1.53 bits per heavy atom. The van der Waals surface area contributed by atoms with Gasteiger partial charge in [0.25, 0.3) is 0 Å². The molecule has 2 heterocycles. The first-order valence-corrected chi connectivity index (χ1v) is 5.98. The number of urea groups is 1. The van der Waals surface area contributed by atoms with Crippen LogP contribution in [0.2, 0.25) is 0 Å². The Labute approximate surface area is 103 Å². The average Bonchev–Trinajstić information content (AvgIpc) is 2.74. The van der Waals surface area contributed by atoms with Gasteiger partial charge in [0.1, 0.15) is 5.01 Å². The summed E-state index contributed by atoms with van der Waals surface area (Å²) in [5, 5.41) is 8.26. The van der Waals surface area contributed by atoms with E-state index in [4.69, 9.17) is 0 Å². The van der Waals surface area contributed by atoms with E-state index in [9.17, 15) is 4.79 Å². The highest BCUT2D eigenvalue weighted by Crippen LogP contribution is 2.08. The van der Waals surface area contributed by atoms with Crippen molar-refractivity contribution >= 4 is 23.1 Å². The van der Waals surface area contributed by atoms with Gasteiger partial charge in [-0.25, -0.2) is 9.78 Å². The first kappa shape index (κ1) is 11.5. The second-order valence-corrected chi connectivity index (χ2v) is 4.37. The Bertz CT molecular complexity index is 497. The maximum absolute atomic E-state index is 11.5. The van der Waals surface area contributed by atoms with Crippen LogP contribution in [0.1, 0.15) is 10.7 Å². The van der Waals surface area contributed by atoms with Crippen molar-refractivity contribution in [3.05, 3.63) is 40.6 Å². The van der Waals surface area contributed by atoms with Gasteiger partial charge in [0, 0.05) is 17.3 Å². The number of anilines is 1. The summed E-state index contributed by atoms with van der Waals surface area (Å²) in [6.45, 7) is 2.36. The molecule has 0 aliphatic rings. The lowest BCUT2D eigenvalue weighted by molar-refractivity contribution is 0.251. The fourth-order valence-electron chi connectivity index (χ4n) is 1.25. The maximum Gasteiger partial charge on any atom is 0.319 e. The first-order valence-electron chi connectivity index (χ1n) is 5.10. The van der Waals surface area contributed by atoms with Crippen LogP contribution in [-0.2, 0) is 6.54 Å². The number of aromatic nitrogens is 2. The molecule has 0 radical (unpaired) electrons. The van der Waals surface area contributed by atoms with E-state index < -0.39 is 0 Å². The van der Waals surface area contributed by atoms with E-state index in [1.807, 2.05) is 12.3 Å². The number of aryl methyl sites for hydroxylation is 1. The molecule has 0 aliphatic carbocycles. The van der Waals surface area contributed by atoms with Crippen LogP contribution in [-0.4, -0.2) is 16.0 Å². The van der Waals surface area contributed by atoms with Crippen molar-refractivity contribution < 1.29 is 4.79 Å². The van der Waals surface area contributed by atoms with Crippen molar-refractivity contribution in [2.75, 3.05) is 5.32 Å². The molecule has 0 atom stereocenters. The maximum atomic E-state index is 11.5. The molecule has 2 aromatic rings. The van der Waals surface area contributed by atoms with Gasteiger partial charge in [-0.05, 0) is 19.1 Å². The number of nitrogens with one attached hydrogen (secondary N) is 2. The van der Waals surface area contributed by atoms with Gasteiger partial charge in [-0.3, -0.25) is 4.98 Å². The van der Waals surface area contributed by atoms with Crippen molar-refractivity contribution in [3.63, 3.8) is 0 Å². The van der Waals surface area contributed by atoms with Crippen molar-refractivity contribution in [2.45, 2.75) is 13.5 Å². The average molecular weight is 248 g/mol. The molecule has 2 amide bonds. The Kier molecular flexibility index (Phi) is 3.66. The van der Waals surface area contributed by atoms with E-state index in [0.717, 1.165) is 10.7 Å². The van der Waals surface area contributed by atoms with Crippen LogP contribution in [0, 0.1) is 6.92 Å². The third-order valence-electron chi connectivity index (χ3n) is 1.99. The fraction of sp³-hybridized carbons (Fsp3) is 0.182. The molecule has 0 saturated heterocycles. The van der Waals surface area contributed by atoms with Crippen molar-refractivity contribution in [2.24, 2.45) is 0 Å². The topological polar surface area (TPSA) is 66.9 Å². The van der Waals surface area contributed by atoms with Crippen LogP contribution in [0.25, 0.3) is 0 Å². The number of thiazole rings is 1. The third-order valence-corrected chi connectivity index (χ3v) is 2.95. The van der Waals surface area contributed by atoms with Gasteiger partial charge in [0.15, 0.2) is 0 Å². The lowest BCUT2D eigenvalue weighted by Crippen LogP contribution is -2.28. The first-order chi connectivity index (χ1) is 8.24. The summed E-state index contributed by atoms with van der Waals surface area (Å²) in [4.78, 5) is 19.7. The van der Waals surface area contributed by atoms with Gasteiger partial charge in [-0.2, -0.15) is 0 Å². The summed E-state index contributed by atoms with van der Waals surface area (Å²) in [5.41, 5.74) is 1.64. The van der Waals surface area contributed by atoms with Gasteiger partial charge < -0.3 is 10.6 Å². The van der Waals surface area contributed by atoms with E-state index in [2.05, 4.69) is 20.6 Å². The Balaban J connectivity index is 1.82. The van der Waals surface area contributed by atoms with E-state index in [1.54, 1.807) is 24.5 Å².